The highest BCUT2D eigenvalue weighted by molar-refractivity contribution is 5.84. The molecule has 0 bridgehead atoms. The van der Waals surface area contributed by atoms with Crippen molar-refractivity contribution in [3.63, 3.8) is 0 Å². The highest BCUT2D eigenvalue weighted by Gasteiger charge is 2.11. The van der Waals surface area contributed by atoms with Crippen molar-refractivity contribution in [3.8, 4) is 279 Å². The van der Waals surface area contributed by atoms with Crippen LogP contribution in [0.15, 0.2) is 78.9 Å². The zero-order valence-electron chi connectivity index (χ0n) is 38.1. The number of ether oxygens (including phenoxy) is 3. The van der Waals surface area contributed by atoms with Crippen molar-refractivity contribution in [1.82, 2.24) is 0 Å². The zero-order valence-corrected chi connectivity index (χ0v) is 38.1. The molecule has 4 aromatic carbocycles. The van der Waals surface area contributed by atoms with Gasteiger partial charge in [0.2, 0.25) is 0 Å². The fourth-order valence-electron chi connectivity index (χ4n) is 4.80. The number of terminal acetylenes is 2. The van der Waals surface area contributed by atoms with Gasteiger partial charge >= 0.3 is 0 Å². The van der Waals surface area contributed by atoms with E-state index >= 15 is 0 Å². The number of fused-ring (bicyclic) bond motifs is 1. The second kappa shape index (κ2) is 34.2. The van der Waals surface area contributed by atoms with E-state index in [4.69, 9.17) is 27.1 Å². The molecule has 1 unspecified atom stereocenters. The first kappa shape index (κ1) is 52.4. The number of aliphatic hydroxyl groups excluding tert-OH is 1. The minimum absolute atomic E-state index is 0.140. The molecule has 4 aromatic rings. The lowest BCUT2D eigenvalue weighted by atomic mass is 9.98. The Kier molecular flexibility index (Phi) is 24.6. The highest BCUT2D eigenvalue weighted by atomic mass is 16.5. The Morgan fingerprint density at radius 2 is 0.685 bits per heavy atom. The van der Waals surface area contributed by atoms with Gasteiger partial charge in [-0.1, -0.05) is 48.0 Å². The molecule has 0 radical (unpaired) electrons. The minimum atomic E-state index is -0.752. The van der Waals surface area contributed by atoms with E-state index in [0.717, 1.165) is 27.5 Å². The summed E-state index contributed by atoms with van der Waals surface area (Å²) in [5.41, 5.74) is 3.41. The Balaban J connectivity index is 1.40. The predicted octanol–water partition coefficient (Wildman–Crippen LogP) is 5.82. The van der Waals surface area contributed by atoms with E-state index in [2.05, 4.69) is 249 Å². The van der Waals surface area contributed by atoms with Gasteiger partial charge in [-0.15, -0.1) is 12.8 Å². The molecule has 73 heavy (non-hydrogen) atoms. The van der Waals surface area contributed by atoms with Crippen molar-refractivity contribution in [2.45, 2.75) is 19.6 Å². The van der Waals surface area contributed by atoms with Crippen LogP contribution in [0, 0.1) is 269 Å². The zero-order chi connectivity index (χ0) is 51.5. The number of benzene rings is 4. The van der Waals surface area contributed by atoms with E-state index < -0.39 is 6.10 Å². The molecule has 1 atom stereocenters. The monoisotopic (exact) mass is 914 g/mol. The van der Waals surface area contributed by atoms with Crippen LogP contribution in [-0.2, 0) is 6.61 Å². The van der Waals surface area contributed by atoms with Crippen LogP contribution in [0.1, 0.15) is 28.4 Å². The molecular weight excluding hydrogens is 893 g/mol. The number of aryl methyl sites for hydroxylation is 1. The lowest BCUT2D eigenvalue weighted by Gasteiger charge is -2.13. The summed E-state index contributed by atoms with van der Waals surface area (Å²) < 4.78 is 17.5. The highest BCUT2D eigenvalue weighted by Crippen LogP contribution is 2.29. The van der Waals surface area contributed by atoms with Crippen LogP contribution in [0.4, 0.5) is 0 Å². The molecule has 0 aliphatic rings. The summed E-state index contributed by atoms with van der Waals surface area (Å²) in [6, 6.07) is 24.4. The first-order valence-corrected chi connectivity index (χ1v) is 20.4. The molecule has 0 aromatic heterocycles. The fraction of sp³-hybridized carbons (Fsp3) is 0.0435. The van der Waals surface area contributed by atoms with Crippen LogP contribution in [-0.4, -0.2) is 5.11 Å². The standard InChI is InChI=1S/C69H22O4/c1-4-6-8-10-12-14-16-18-20-22-24-26-28-30-32-34-36-38-40-42-52-71-67-54-61(59-73-66-51-50-63-56-65(49-48-64(63)57-66)69(70)62-46-44-60(3)45-47-62)55-68(58-67)72-53-43-41-39-37-35-33-31-29-27-25-23-21-19-17-15-13-11-9-7-5-2/h1-2,44-51,54-58,69-70H,59H2,3H3. The summed E-state index contributed by atoms with van der Waals surface area (Å²) in [5, 5.41) is 12.9. The second-order valence-electron chi connectivity index (χ2n) is 12.6. The van der Waals surface area contributed by atoms with Gasteiger partial charge in [0.15, 0.2) is 0 Å². The van der Waals surface area contributed by atoms with E-state index in [1.807, 2.05) is 67.6 Å². The number of hydrogen-bond acceptors (Lipinski definition) is 4. The lowest BCUT2D eigenvalue weighted by molar-refractivity contribution is 0.220. The second-order valence-corrected chi connectivity index (χ2v) is 12.6. The van der Waals surface area contributed by atoms with Crippen LogP contribution >= 0.6 is 0 Å². The number of hydrogen-bond donors (Lipinski definition) is 1. The quantitative estimate of drug-likeness (QED) is 0.238. The van der Waals surface area contributed by atoms with Crippen LogP contribution in [0.5, 0.6) is 17.2 Å². The van der Waals surface area contributed by atoms with Crippen molar-refractivity contribution in [3.05, 3.63) is 101 Å². The van der Waals surface area contributed by atoms with Gasteiger partial charge in [-0.3, -0.25) is 0 Å². The maximum atomic E-state index is 11.0. The van der Waals surface area contributed by atoms with Crippen molar-refractivity contribution in [2.75, 3.05) is 0 Å². The molecule has 0 amide bonds. The molecule has 4 nitrogen and oxygen atoms in total. The first-order chi connectivity index (χ1) is 36.1. The SMILES string of the molecule is C#CC#CC#CC#CC#CC#CC#CC#CC#CC#CC#COc1cc(COc2ccc3cc(C(O)c4ccc(C)cc4)ccc3c2)cc(OC#CC#CC#CC#CC#CC#CC#CC#CC#CC#CC#C)c1. The molecule has 0 aliphatic heterocycles. The third-order valence-corrected chi connectivity index (χ3v) is 7.72. The molecule has 1 N–H and O–H groups in total. The molecule has 0 aliphatic carbocycles. The van der Waals surface area contributed by atoms with Gasteiger partial charge in [0.05, 0.1) is 0 Å². The van der Waals surface area contributed by atoms with Gasteiger partial charge in [0.25, 0.3) is 0 Å². The van der Waals surface area contributed by atoms with Gasteiger partial charge < -0.3 is 19.3 Å². The van der Waals surface area contributed by atoms with Crippen LogP contribution < -0.4 is 14.2 Å². The van der Waals surface area contributed by atoms with E-state index in [-0.39, 0.29) is 6.61 Å². The topological polar surface area (TPSA) is 47.9 Å². The number of aliphatic hydroxyl groups is 1. The summed E-state index contributed by atoms with van der Waals surface area (Å²) in [6.45, 7) is 2.15. The average molecular weight is 915 g/mol. The molecule has 0 saturated heterocycles. The summed E-state index contributed by atoms with van der Waals surface area (Å²) >= 11 is 0. The summed E-state index contributed by atoms with van der Waals surface area (Å²) in [4.78, 5) is 0. The largest absolute Gasteiger partial charge is 0.489 e. The average Bonchev–Trinajstić information content (AvgIpc) is 3.41. The Morgan fingerprint density at radius 3 is 1.07 bits per heavy atom. The van der Waals surface area contributed by atoms with Crippen LogP contribution in [0.25, 0.3) is 10.8 Å². The molecule has 0 fully saturated rings. The lowest BCUT2D eigenvalue weighted by Crippen LogP contribution is -2.00. The summed E-state index contributed by atoms with van der Waals surface area (Å²) in [6.07, 6.45) is 14.3. The van der Waals surface area contributed by atoms with E-state index in [1.165, 1.54) is 0 Å². The molecule has 0 spiro atoms. The normalized spacial score (nSPS) is 7.29. The third-order valence-electron chi connectivity index (χ3n) is 7.72. The predicted molar refractivity (Wildman–Crippen MR) is 284 cm³/mol. The minimum Gasteiger partial charge on any atom is -0.489 e. The Labute approximate surface area is 427 Å². The van der Waals surface area contributed by atoms with Gasteiger partial charge in [0.1, 0.15) is 42.2 Å². The fourth-order valence-corrected chi connectivity index (χ4v) is 4.80. The van der Waals surface area contributed by atoms with Crippen molar-refractivity contribution in [2.24, 2.45) is 0 Å². The first-order valence-electron chi connectivity index (χ1n) is 20.4. The molecular formula is C69H22O4. The summed E-state index contributed by atoms with van der Waals surface area (Å²) in [5.74, 6) is 101. The van der Waals surface area contributed by atoms with Crippen molar-refractivity contribution < 1.29 is 19.3 Å². The van der Waals surface area contributed by atoms with Crippen LogP contribution in [0.2, 0.25) is 0 Å². The molecule has 0 heterocycles. The van der Waals surface area contributed by atoms with E-state index in [0.29, 0.717) is 22.8 Å². The summed E-state index contributed by atoms with van der Waals surface area (Å²) in [7, 11) is 0. The maximum absolute atomic E-state index is 11.0. The van der Waals surface area contributed by atoms with Gasteiger partial charge in [-0.25, -0.2) is 0 Å². The van der Waals surface area contributed by atoms with Crippen LogP contribution in [0.3, 0.4) is 0 Å². The molecule has 4 heteroatoms. The number of rotatable bonds is 7. The Morgan fingerprint density at radius 1 is 0.356 bits per heavy atom. The molecule has 0 saturated carbocycles. The van der Waals surface area contributed by atoms with Crippen molar-refractivity contribution >= 4 is 10.8 Å². The Hall–Kier alpha value is -13.2. The molecule has 4 rings (SSSR count). The van der Waals surface area contributed by atoms with Gasteiger partial charge in [0, 0.05) is 148 Å². The maximum Gasteiger partial charge on any atom is 0.144 e. The Bertz CT molecular complexity index is 4110. The van der Waals surface area contributed by atoms with Gasteiger partial charge in [-0.2, -0.15) is 0 Å². The third kappa shape index (κ3) is 23.5. The molecule has 322 valence electrons. The van der Waals surface area contributed by atoms with Gasteiger partial charge in [-0.05, 0) is 159 Å². The van der Waals surface area contributed by atoms with E-state index in [9.17, 15) is 5.11 Å². The van der Waals surface area contributed by atoms with E-state index in [1.54, 1.807) is 18.2 Å². The smallest absolute Gasteiger partial charge is 0.144 e. The van der Waals surface area contributed by atoms with Crippen molar-refractivity contribution in [1.29, 1.82) is 0 Å².